The van der Waals surface area contributed by atoms with Gasteiger partial charge >= 0.3 is 5.97 Å². The van der Waals surface area contributed by atoms with Gasteiger partial charge in [-0.1, -0.05) is 25.8 Å². The summed E-state index contributed by atoms with van der Waals surface area (Å²) in [4.78, 5) is 10.9. The van der Waals surface area contributed by atoms with Crippen molar-refractivity contribution in [3.63, 3.8) is 0 Å². The van der Waals surface area contributed by atoms with Crippen molar-refractivity contribution in [1.82, 2.24) is 5.32 Å². The molecule has 0 saturated heterocycles. The van der Waals surface area contributed by atoms with Crippen molar-refractivity contribution in [2.45, 2.75) is 32.6 Å². The number of hydrogen-bond acceptors (Lipinski definition) is 3. The fraction of sp³-hybridized carbons (Fsp3) is 0.588. The molecule has 4 nitrogen and oxygen atoms in total. The highest BCUT2D eigenvalue weighted by atomic mass is 16.5. The quantitative estimate of drug-likeness (QED) is 0.758. The Kier molecular flexibility index (Phi) is 6.05. The average Bonchev–Trinajstić information content (AvgIpc) is 2.49. The normalized spacial score (nSPS) is 22.0. The first kappa shape index (κ1) is 15.8. The molecule has 0 radical (unpaired) electrons. The highest BCUT2D eigenvalue weighted by Crippen LogP contribution is 2.27. The van der Waals surface area contributed by atoms with Gasteiger partial charge < -0.3 is 15.2 Å². The van der Waals surface area contributed by atoms with Crippen LogP contribution in [0.5, 0.6) is 5.75 Å². The number of carboxylic acids is 1. The van der Waals surface area contributed by atoms with Gasteiger partial charge in [0.05, 0.1) is 5.56 Å². The average molecular weight is 291 g/mol. The van der Waals surface area contributed by atoms with Crippen molar-refractivity contribution >= 4 is 5.97 Å². The molecule has 4 heteroatoms. The largest absolute Gasteiger partial charge is 0.492 e. The van der Waals surface area contributed by atoms with Crippen molar-refractivity contribution in [2.24, 2.45) is 11.8 Å². The molecule has 2 rings (SSSR count). The van der Waals surface area contributed by atoms with Gasteiger partial charge in [0, 0.05) is 6.54 Å². The third kappa shape index (κ3) is 5.38. The van der Waals surface area contributed by atoms with Gasteiger partial charge in [0.15, 0.2) is 0 Å². The molecular weight excluding hydrogens is 266 g/mol. The number of carbonyl (C=O) groups is 1. The van der Waals surface area contributed by atoms with Crippen molar-refractivity contribution in [3.05, 3.63) is 29.8 Å². The number of carboxylic acid groups (broad SMARTS) is 1. The van der Waals surface area contributed by atoms with E-state index in [1.165, 1.54) is 25.7 Å². The van der Waals surface area contributed by atoms with Crippen LogP contribution in [0.15, 0.2) is 24.3 Å². The molecule has 21 heavy (non-hydrogen) atoms. The monoisotopic (exact) mass is 291 g/mol. The van der Waals surface area contributed by atoms with Gasteiger partial charge in [0.1, 0.15) is 12.4 Å². The zero-order valence-electron chi connectivity index (χ0n) is 12.7. The summed E-state index contributed by atoms with van der Waals surface area (Å²) in [5.41, 5.74) is 0.261. The molecule has 0 bridgehead atoms. The highest BCUT2D eigenvalue weighted by molar-refractivity contribution is 5.87. The number of ether oxygens (including phenoxy) is 1. The van der Waals surface area contributed by atoms with Gasteiger partial charge in [-0.3, -0.25) is 0 Å². The molecule has 0 amide bonds. The molecule has 1 aliphatic carbocycles. The first-order valence-electron chi connectivity index (χ1n) is 7.82. The minimum absolute atomic E-state index is 0.261. The van der Waals surface area contributed by atoms with Crippen LogP contribution >= 0.6 is 0 Å². The van der Waals surface area contributed by atoms with Crippen LogP contribution < -0.4 is 10.1 Å². The Hall–Kier alpha value is -1.55. The summed E-state index contributed by atoms with van der Waals surface area (Å²) in [6, 6.07) is 6.62. The van der Waals surface area contributed by atoms with Gasteiger partial charge in [-0.05, 0) is 49.4 Å². The van der Waals surface area contributed by atoms with Crippen LogP contribution in [0.4, 0.5) is 0 Å². The molecule has 0 heterocycles. The molecule has 0 aromatic heterocycles. The number of rotatable bonds is 7. The summed E-state index contributed by atoms with van der Waals surface area (Å²) in [5, 5.41) is 12.4. The van der Waals surface area contributed by atoms with E-state index in [4.69, 9.17) is 9.84 Å². The van der Waals surface area contributed by atoms with Gasteiger partial charge in [-0.15, -0.1) is 0 Å². The van der Waals surface area contributed by atoms with E-state index in [-0.39, 0.29) is 5.56 Å². The third-order valence-corrected chi connectivity index (χ3v) is 4.20. The summed E-state index contributed by atoms with van der Waals surface area (Å²) >= 11 is 0. The van der Waals surface area contributed by atoms with Crippen LogP contribution in [0, 0.1) is 11.8 Å². The number of benzene rings is 1. The SMILES string of the molecule is CC1CCC(CNCCOc2cccc(C(=O)O)c2)CC1. The van der Waals surface area contributed by atoms with E-state index >= 15 is 0 Å². The standard InChI is InChI=1S/C17H25NO3/c1-13-5-7-14(8-6-13)12-18-9-10-21-16-4-2-3-15(11-16)17(19)20/h2-4,11,13-14,18H,5-10,12H2,1H3,(H,19,20). The van der Waals surface area contributed by atoms with E-state index in [1.54, 1.807) is 24.3 Å². The lowest BCUT2D eigenvalue weighted by atomic mass is 9.83. The second-order valence-corrected chi connectivity index (χ2v) is 6.01. The van der Waals surface area contributed by atoms with E-state index in [2.05, 4.69) is 12.2 Å². The van der Waals surface area contributed by atoms with E-state index in [0.717, 1.165) is 24.9 Å². The lowest BCUT2D eigenvalue weighted by molar-refractivity contribution is 0.0696. The van der Waals surface area contributed by atoms with E-state index in [0.29, 0.717) is 12.4 Å². The number of aromatic carboxylic acids is 1. The fourth-order valence-corrected chi connectivity index (χ4v) is 2.80. The fourth-order valence-electron chi connectivity index (χ4n) is 2.80. The molecule has 1 aliphatic rings. The van der Waals surface area contributed by atoms with Crippen molar-refractivity contribution < 1.29 is 14.6 Å². The maximum Gasteiger partial charge on any atom is 0.335 e. The summed E-state index contributed by atoms with van der Waals surface area (Å²) < 4.78 is 5.58. The predicted octanol–water partition coefficient (Wildman–Crippen LogP) is 3.18. The van der Waals surface area contributed by atoms with Gasteiger partial charge in [-0.25, -0.2) is 4.79 Å². The molecule has 1 saturated carbocycles. The Morgan fingerprint density at radius 3 is 2.81 bits per heavy atom. The minimum atomic E-state index is -0.926. The zero-order valence-corrected chi connectivity index (χ0v) is 12.7. The zero-order chi connectivity index (χ0) is 15.1. The molecule has 116 valence electrons. The van der Waals surface area contributed by atoms with Crippen molar-refractivity contribution in [1.29, 1.82) is 0 Å². The molecule has 1 aromatic rings. The second-order valence-electron chi connectivity index (χ2n) is 6.01. The first-order chi connectivity index (χ1) is 10.1. The van der Waals surface area contributed by atoms with Crippen LogP contribution in [-0.4, -0.2) is 30.8 Å². The van der Waals surface area contributed by atoms with Gasteiger partial charge in [0.2, 0.25) is 0 Å². The van der Waals surface area contributed by atoms with Crippen LogP contribution in [0.25, 0.3) is 0 Å². The lowest BCUT2D eigenvalue weighted by Crippen LogP contribution is -2.29. The predicted molar refractivity (Wildman–Crippen MR) is 82.9 cm³/mol. The van der Waals surface area contributed by atoms with Crippen molar-refractivity contribution in [3.8, 4) is 5.75 Å². The number of nitrogens with one attached hydrogen (secondary N) is 1. The van der Waals surface area contributed by atoms with E-state index < -0.39 is 5.97 Å². The Morgan fingerprint density at radius 1 is 1.33 bits per heavy atom. The lowest BCUT2D eigenvalue weighted by Gasteiger charge is -2.26. The summed E-state index contributed by atoms with van der Waals surface area (Å²) in [7, 11) is 0. The Balaban J connectivity index is 1.61. The topological polar surface area (TPSA) is 58.6 Å². The summed E-state index contributed by atoms with van der Waals surface area (Å²) in [5.74, 6) is 1.39. The second kappa shape index (κ2) is 8.03. The molecule has 0 unspecified atom stereocenters. The molecule has 2 N–H and O–H groups in total. The maximum absolute atomic E-state index is 10.9. The first-order valence-corrected chi connectivity index (χ1v) is 7.82. The number of hydrogen-bond donors (Lipinski definition) is 2. The van der Waals surface area contributed by atoms with Crippen LogP contribution in [-0.2, 0) is 0 Å². The van der Waals surface area contributed by atoms with Crippen LogP contribution in [0.3, 0.4) is 0 Å². The van der Waals surface area contributed by atoms with E-state index in [1.807, 2.05) is 0 Å². The van der Waals surface area contributed by atoms with Crippen LogP contribution in [0.1, 0.15) is 43.0 Å². The van der Waals surface area contributed by atoms with Gasteiger partial charge in [-0.2, -0.15) is 0 Å². The summed E-state index contributed by atoms with van der Waals surface area (Å²) in [6.45, 7) is 4.75. The Labute approximate surface area is 126 Å². The molecule has 1 aromatic carbocycles. The maximum atomic E-state index is 10.9. The van der Waals surface area contributed by atoms with Crippen molar-refractivity contribution in [2.75, 3.05) is 19.7 Å². The Bertz CT molecular complexity index is 453. The summed E-state index contributed by atoms with van der Waals surface area (Å²) in [6.07, 6.45) is 5.36. The third-order valence-electron chi connectivity index (χ3n) is 4.20. The molecule has 0 spiro atoms. The highest BCUT2D eigenvalue weighted by Gasteiger charge is 2.17. The minimum Gasteiger partial charge on any atom is -0.492 e. The molecule has 0 aliphatic heterocycles. The smallest absolute Gasteiger partial charge is 0.335 e. The van der Waals surface area contributed by atoms with E-state index in [9.17, 15) is 4.79 Å². The molecule has 0 atom stereocenters. The van der Waals surface area contributed by atoms with Gasteiger partial charge in [0.25, 0.3) is 0 Å². The molecule has 1 fully saturated rings. The van der Waals surface area contributed by atoms with Crippen LogP contribution in [0.2, 0.25) is 0 Å². The molecular formula is C17H25NO3. The Morgan fingerprint density at radius 2 is 2.10 bits per heavy atom.